The van der Waals surface area contributed by atoms with E-state index in [1.54, 1.807) is 0 Å². The van der Waals surface area contributed by atoms with Gasteiger partial charge in [-0.3, -0.25) is 4.79 Å². The molecule has 0 spiro atoms. The molecule has 4 heteroatoms. The third-order valence-electron chi connectivity index (χ3n) is 2.94. The number of benzene rings is 1. The summed E-state index contributed by atoms with van der Waals surface area (Å²) in [5.41, 5.74) is 2.58. The van der Waals surface area contributed by atoms with E-state index in [0.717, 1.165) is 23.4 Å². The molecular formula is C15H18N2O2. The van der Waals surface area contributed by atoms with Crippen LogP contribution in [0.2, 0.25) is 0 Å². The normalized spacial score (nSPS) is 10.5. The highest BCUT2D eigenvalue weighted by atomic mass is 16.5. The van der Waals surface area contributed by atoms with Gasteiger partial charge in [0.05, 0.1) is 12.3 Å². The number of nitrogens with one attached hydrogen (secondary N) is 1. The molecule has 0 atom stereocenters. The Bertz CT molecular complexity index is 632. The summed E-state index contributed by atoms with van der Waals surface area (Å²) in [4.78, 5) is 19.2. The molecule has 100 valence electrons. The predicted molar refractivity (Wildman–Crippen MR) is 75.6 cm³/mol. The molecule has 1 N–H and O–H groups in total. The van der Waals surface area contributed by atoms with Gasteiger partial charge in [-0.1, -0.05) is 19.1 Å². The molecule has 2 aromatic rings. The second-order valence-electron chi connectivity index (χ2n) is 4.47. The van der Waals surface area contributed by atoms with Gasteiger partial charge in [-0.25, -0.2) is 4.98 Å². The number of aromatic amines is 1. The van der Waals surface area contributed by atoms with Crippen LogP contribution in [0.25, 0.3) is 11.3 Å². The van der Waals surface area contributed by atoms with Gasteiger partial charge in [-0.2, -0.15) is 0 Å². The first kappa shape index (κ1) is 13.3. The largest absolute Gasteiger partial charge is 0.493 e. The number of hydrogen-bond donors (Lipinski definition) is 1. The summed E-state index contributed by atoms with van der Waals surface area (Å²) in [7, 11) is 0. The second-order valence-corrected chi connectivity index (χ2v) is 4.47. The molecule has 0 saturated carbocycles. The maximum atomic E-state index is 12.0. The summed E-state index contributed by atoms with van der Waals surface area (Å²) in [6, 6.07) is 7.49. The SMILES string of the molecule is CCCOc1ccccc1-c1nc(C)c(C)[nH]c1=O. The van der Waals surface area contributed by atoms with Crippen LogP contribution in [0.3, 0.4) is 0 Å². The molecule has 0 bridgehead atoms. The smallest absolute Gasteiger partial charge is 0.274 e. The summed E-state index contributed by atoms with van der Waals surface area (Å²) in [5, 5.41) is 0. The van der Waals surface area contributed by atoms with Crippen molar-refractivity contribution in [2.45, 2.75) is 27.2 Å². The van der Waals surface area contributed by atoms with Crippen molar-refractivity contribution in [1.29, 1.82) is 0 Å². The first-order valence-corrected chi connectivity index (χ1v) is 6.43. The zero-order chi connectivity index (χ0) is 13.8. The number of ether oxygens (including phenoxy) is 1. The van der Waals surface area contributed by atoms with E-state index in [-0.39, 0.29) is 5.56 Å². The highest BCUT2D eigenvalue weighted by Gasteiger charge is 2.12. The summed E-state index contributed by atoms with van der Waals surface area (Å²) >= 11 is 0. The molecule has 1 heterocycles. The summed E-state index contributed by atoms with van der Waals surface area (Å²) in [5.74, 6) is 0.700. The minimum Gasteiger partial charge on any atom is -0.493 e. The zero-order valence-corrected chi connectivity index (χ0v) is 11.5. The van der Waals surface area contributed by atoms with Crippen LogP contribution in [0.15, 0.2) is 29.1 Å². The van der Waals surface area contributed by atoms with Crippen molar-refractivity contribution in [3.8, 4) is 17.0 Å². The quantitative estimate of drug-likeness (QED) is 0.917. The van der Waals surface area contributed by atoms with E-state index in [1.807, 2.05) is 45.0 Å². The van der Waals surface area contributed by atoms with Crippen LogP contribution in [0.1, 0.15) is 24.7 Å². The molecule has 19 heavy (non-hydrogen) atoms. The summed E-state index contributed by atoms with van der Waals surface area (Å²) in [6.45, 7) is 6.39. The molecule has 2 rings (SSSR count). The van der Waals surface area contributed by atoms with E-state index < -0.39 is 0 Å². The van der Waals surface area contributed by atoms with Crippen LogP contribution in [0.5, 0.6) is 5.75 Å². The lowest BCUT2D eigenvalue weighted by molar-refractivity contribution is 0.318. The number of aryl methyl sites for hydroxylation is 2. The van der Waals surface area contributed by atoms with Crippen molar-refractivity contribution in [3.05, 3.63) is 46.0 Å². The lowest BCUT2D eigenvalue weighted by Crippen LogP contribution is -2.15. The number of rotatable bonds is 4. The average molecular weight is 258 g/mol. The van der Waals surface area contributed by atoms with E-state index in [4.69, 9.17) is 4.74 Å². The highest BCUT2D eigenvalue weighted by Crippen LogP contribution is 2.26. The molecular weight excluding hydrogens is 240 g/mol. The van der Waals surface area contributed by atoms with Gasteiger partial charge in [0.25, 0.3) is 5.56 Å². The first-order valence-electron chi connectivity index (χ1n) is 6.43. The fraction of sp³-hybridized carbons (Fsp3) is 0.333. The minimum absolute atomic E-state index is 0.185. The van der Waals surface area contributed by atoms with Gasteiger partial charge in [0.15, 0.2) is 0 Å². The van der Waals surface area contributed by atoms with Crippen molar-refractivity contribution in [2.24, 2.45) is 0 Å². The molecule has 1 aromatic carbocycles. The van der Waals surface area contributed by atoms with Gasteiger partial charge in [-0.05, 0) is 32.4 Å². The van der Waals surface area contributed by atoms with E-state index in [0.29, 0.717) is 18.1 Å². The van der Waals surface area contributed by atoms with E-state index in [9.17, 15) is 4.79 Å². The Morgan fingerprint density at radius 3 is 2.74 bits per heavy atom. The number of aromatic nitrogens is 2. The van der Waals surface area contributed by atoms with E-state index in [2.05, 4.69) is 9.97 Å². The Morgan fingerprint density at radius 2 is 2.00 bits per heavy atom. The Labute approximate surface area is 112 Å². The van der Waals surface area contributed by atoms with Gasteiger partial charge in [0, 0.05) is 11.3 Å². The van der Waals surface area contributed by atoms with Crippen LogP contribution >= 0.6 is 0 Å². The molecule has 0 aliphatic rings. The fourth-order valence-corrected chi connectivity index (χ4v) is 1.80. The van der Waals surface area contributed by atoms with Crippen molar-refractivity contribution in [2.75, 3.05) is 6.61 Å². The highest BCUT2D eigenvalue weighted by molar-refractivity contribution is 5.66. The van der Waals surface area contributed by atoms with Crippen LogP contribution in [-0.2, 0) is 0 Å². The zero-order valence-electron chi connectivity index (χ0n) is 11.5. The molecule has 0 saturated heterocycles. The third kappa shape index (κ3) is 2.84. The summed E-state index contributed by atoms with van der Waals surface area (Å²) in [6.07, 6.45) is 0.922. The molecule has 0 aliphatic heterocycles. The lowest BCUT2D eigenvalue weighted by atomic mass is 10.1. The number of hydrogen-bond acceptors (Lipinski definition) is 3. The molecule has 1 aromatic heterocycles. The lowest BCUT2D eigenvalue weighted by Gasteiger charge is -2.10. The van der Waals surface area contributed by atoms with Crippen LogP contribution in [0.4, 0.5) is 0 Å². The maximum Gasteiger partial charge on any atom is 0.274 e. The second kappa shape index (κ2) is 5.69. The molecule has 4 nitrogen and oxygen atoms in total. The molecule has 0 aliphatic carbocycles. The van der Waals surface area contributed by atoms with Gasteiger partial charge in [0.1, 0.15) is 11.4 Å². The molecule has 0 unspecified atom stereocenters. The average Bonchev–Trinajstić information content (AvgIpc) is 2.41. The monoisotopic (exact) mass is 258 g/mol. The topological polar surface area (TPSA) is 55.0 Å². The minimum atomic E-state index is -0.185. The Balaban J connectivity index is 2.53. The van der Waals surface area contributed by atoms with Gasteiger partial charge in [-0.15, -0.1) is 0 Å². The first-order chi connectivity index (χ1) is 9.13. The number of para-hydroxylation sites is 1. The standard InChI is InChI=1S/C15H18N2O2/c1-4-9-19-13-8-6-5-7-12(13)14-15(18)17-11(3)10(2)16-14/h5-8H,4,9H2,1-3H3,(H,17,18). The summed E-state index contributed by atoms with van der Waals surface area (Å²) < 4.78 is 5.67. The number of nitrogens with zero attached hydrogens (tertiary/aromatic N) is 1. The van der Waals surface area contributed by atoms with Crippen molar-refractivity contribution in [1.82, 2.24) is 9.97 Å². The predicted octanol–water partition coefficient (Wildman–Crippen LogP) is 2.84. The van der Waals surface area contributed by atoms with Crippen LogP contribution < -0.4 is 10.3 Å². The Hall–Kier alpha value is -2.10. The fourth-order valence-electron chi connectivity index (χ4n) is 1.80. The van der Waals surface area contributed by atoms with Crippen LogP contribution in [0, 0.1) is 13.8 Å². The van der Waals surface area contributed by atoms with Crippen molar-refractivity contribution in [3.63, 3.8) is 0 Å². The Morgan fingerprint density at radius 1 is 1.26 bits per heavy atom. The number of H-pyrrole nitrogens is 1. The van der Waals surface area contributed by atoms with Crippen molar-refractivity contribution >= 4 is 0 Å². The van der Waals surface area contributed by atoms with Gasteiger partial charge in [0.2, 0.25) is 0 Å². The van der Waals surface area contributed by atoms with Gasteiger partial charge >= 0.3 is 0 Å². The molecule has 0 radical (unpaired) electrons. The van der Waals surface area contributed by atoms with E-state index in [1.165, 1.54) is 0 Å². The Kier molecular flexibility index (Phi) is 4.00. The molecule has 0 amide bonds. The van der Waals surface area contributed by atoms with E-state index >= 15 is 0 Å². The maximum absolute atomic E-state index is 12.0. The third-order valence-corrected chi connectivity index (χ3v) is 2.94. The van der Waals surface area contributed by atoms with Gasteiger partial charge < -0.3 is 9.72 Å². The van der Waals surface area contributed by atoms with Crippen molar-refractivity contribution < 1.29 is 4.74 Å². The van der Waals surface area contributed by atoms with Crippen LogP contribution in [-0.4, -0.2) is 16.6 Å². The molecule has 0 fully saturated rings.